The van der Waals surface area contributed by atoms with E-state index in [-0.39, 0.29) is 0 Å². The normalized spacial score (nSPS) is 41.9. The van der Waals surface area contributed by atoms with Gasteiger partial charge in [0.15, 0.2) is 0 Å². The van der Waals surface area contributed by atoms with Gasteiger partial charge >= 0.3 is 0 Å². The maximum absolute atomic E-state index is 13.3. The lowest BCUT2D eigenvalue weighted by molar-refractivity contribution is 0.136. The number of hydrogen-bond donors (Lipinski definition) is 0. The minimum absolute atomic E-state index is 0.411. The van der Waals surface area contributed by atoms with Crippen LogP contribution in [0.1, 0.15) is 92.9 Å². The zero-order valence-corrected chi connectivity index (χ0v) is 16.6. The molecule has 22 heavy (non-hydrogen) atoms. The predicted molar refractivity (Wildman–Crippen MR) is 98.5 cm³/mol. The van der Waals surface area contributed by atoms with E-state index in [2.05, 4.69) is 41.5 Å². The van der Waals surface area contributed by atoms with Gasteiger partial charge in [-0.05, 0) is 72.4 Å². The summed E-state index contributed by atoms with van der Waals surface area (Å²) in [4.78, 5) is 0. The largest absolute Gasteiger partial charge is 0.616 e. The second kappa shape index (κ2) is 7.05. The van der Waals surface area contributed by atoms with Gasteiger partial charge in [0.25, 0.3) is 0 Å². The highest BCUT2D eigenvalue weighted by Gasteiger charge is 2.45. The summed E-state index contributed by atoms with van der Waals surface area (Å²) in [5.74, 6) is 1.42. The van der Waals surface area contributed by atoms with Crippen LogP contribution < -0.4 is 0 Å². The van der Waals surface area contributed by atoms with Crippen LogP contribution in [-0.2, 0) is 11.2 Å². The SMILES string of the molecule is CC(C)C1(C)CCCC([S+]([O-])C2CCCC(C)(C(C)C)C2)C1. The monoisotopic (exact) mass is 326 g/mol. The fourth-order valence-corrected chi connectivity index (χ4v) is 7.07. The lowest BCUT2D eigenvalue weighted by Gasteiger charge is -2.46. The predicted octanol–water partition coefficient (Wildman–Crippen LogP) is 5.94. The van der Waals surface area contributed by atoms with E-state index in [4.69, 9.17) is 0 Å². The van der Waals surface area contributed by atoms with Gasteiger partial charge in [-0.3, -0.25) is 0 Å². The van der Waals surface area contributed by atoms with Crippen LogP contribution in [0.15, 0.2) is 0 Å². The molecule has 2 heteroatoms. The molecule has 130 valence electrons. The van der Waals surface area contributed by atoms with Gasteiger partial charge in [0.05, 0.1) is 0 Å². The van der Waals surface area contributed by atoms with Gasteiger partial charge in [-0.1, -0.05) is 41.5 Å². The smallest absolute Gasteiger partial charge is 0.116 e. The van der Waals surface area contributed by atoms with Gasteiger partial charge in [0, 0.05) is 12.8 Å². The summed E-state index contributed by atoms with van der Waals surface area (Å²) in [6.45, 7) is 14.3. The second-order valence-electron chi connectivity index (χ2n) is 9.38. The summed E-state index contributed by atoms with van der Waals surface area (Å²) in [5, 5.41) is 0.918. The van der Waals surface area contributed by atoms with Crippen LogP contribution in [-0.4, -0.2) is 15.1 Å². The van der Waals surface area contributed by atoms with Crippen LogP contribution in [0.4, 0.5) is 0 Å². The Morgan fingerprint density at radius 3 is 1.50 bits per heavy atom. The molecule has 0 amide bonds. The third-order valence-corrected chi connectivity index (χ3v) is 9.50. The fraction of sp³-hybridized carbons (Fsp3) is 1.00. The molecule has 0 aliphatic heterocycles. The average molecular weight is 327 g/mol. The third kappa shape index (κ3) is 3.86. The molecule has 1 nitrogen and oxygen atoms in total. The first kappa shape index (κ1) is 18.6. The molecule has 2 aliphatic carbocycles. The summed E-state index contributed by atoms with van der Waals surface area (Å²) in [5.41, 5.74) is 0.823. The molecule has 0 heterocycles. The molecule has 2 rings (SSSR count). The van der Waals surface area contributed by atoms with Crippen LogP contribution >= 0.6 is 0 Å². The van der Waals surface area contributed by atoms with Gasteiger partial charge in [-0.2, -0.15) is 0 Å². The van der Waals surface area contributed by atoms with Crippen LogP contribution in [0.5, 0.6) is 0 Å². The standard InChI is InChI=1S/C20H38OS/c1-15(2)19(5)11-7-9-17(13-19)22(21)18-10-8-12-20(6,14-18)16(3)4/h15-18H,7-14H2,1-6H3. The number of hydrogen-bond acceptors (Lipinski definition) is 1. The Morgan fingerprint density at radius 2 is 1.18 bits per heavy atom. The summed E-state index contributed by atoms with van der Waals surface area (Å²) in [6.07, 6.45) is 9.98. The van der Waals surface area contributed by atoms with Crippen LogP contribution in [0.25, 0.3) is 0 Å². The highest BCUT2D eigenvalue weighted by molar-refractivity contribution is 7.92. The molecular weight excluding hydrogens is 288 g/mol. The summed E-state index contributed by atoms with van der Waals surface area (Å²) in [6, 6.07) is 0. The first-order chi connectivity index (χ1) is 10.2. The van der Waals surface area contributed by atoms with Crippen molar-refractivity contribution >= 4 is 11.2 Å². The molecule has 0 N–H and O–H groups in total. The van der Waals surface area contributed by atoms with Gasteiger partial charge in [0.1, 0.15) is 10.5 Å². The van der Waals surface area contributed by atoms with Crippen molar-refractivity contribution in [2.24, 2.45) is 22.7 Å². The lowest BCUT2D eigenvalue weighted by Crippen LogP contribution is -2.44. The van der Waals surface area contributed by atoms with Gasteiger partial charge in [-0.15, -0.1) is 0 Å². The van der Waals surface area contributed by atoms with Crippen LogP contribution in [0.2, 0.25) is 0 Å². The van der Waals surface area contributed by atoms with Crippen LogP contribution in [0, 0.1) is 22.7 Å². The Morgan fingerprint density at radius 1 is 0.818 bits per heavy atom. The molecular formula is C20H38OS. The first-order valence-corrected chi connectivity index (χ1v) is 10.8. The molecule has 4 unspecified atom stereocenters. The maximum Gasteiger partial charge on any atom is 0.116 e. The quantitative estimate of drug-likeness (QED) is 0.586. The van der Waals surface area contributed by atoms with Crippen molar-refractivity contribution in [3.63, 3.8) is 0 Å². The molecule has 0 spiro atoms. The van der Waals surface area contributed by atoms with Crippen molar-refractivity contribution in [3.8, 4) is 0 Å². The highest BCUT2D eigenvalue weighted by Crippen LogP contribution is 2.48. The Labute approximate surface area is 142 Å². The molecule has 0 aromatic heterocycles. The Hall–Kier alpha value is 0.310. The van der Waals surface area contributed by atoms with E-state index in [9.17, 15) is 4.55 Å². The lowest BCUT2D eigenvalue weighted by atomic mass is 9.68. The van der Waals surface area contributed by atoms with Crippen molar-refractivity contribution in [3.05, 3.63) is 0 Å². The van der Waals surface area contributed by atoms with E-state index in [1.165, 1.54) is 51.4 Å². The van der Waals surface area contributed by atoms with Gasteiger partial charge in [-0.25, -0.2) is 0 Å². The third-order valence-electron chi connectivity index (χ3n) is 7.38. The first-order valence-electron chi connectivity index (χ1n) is 9.57. The Kier molecular flexibility index (Phi) is 5.98. The summed E-state index contributed by atoms with van der Waals surface area (Å²) in [7, 11) is 0. The molecule has 2 aliphatic rings. The van der Waals surface area contributed by atoms with E-state index in [1.54, 1.807) is 0 Å². The molecule has 0 aromatic carbocycles. The molecule has 4 atom stereocenters. The summed E-state index contributed by atoms with van der Waals surface area (Å²) < 4.78 is 13.3. The van der Waals surface area contributed by atoms with Crippen molar-refractivity contribution in [2.75, 3.05) is 0 Å². The average Bonchev–Trinajstić information content (AvgIpc) is 2.46. The van der Waals surface area contributed by atoms with Crippen LogP contribution in [0.3, 0.4) is 0 Å². The Bertz CT molecular complexity index is 333. The minimum atomic E-state index is -0.619. The van der Waals surface area contributed by atoms with E-state index in [0.29, 0.717) is 33.2 Å². The van der Waals surface area contributed by atoms with E-state index in [0.717, 1.165) is 0 Å². The van der Waals surface area contributed by atoms with E-state index in [1.807, 2.05) is 0 Å². The molecule has 0 saturated heterocycles. The molecule has 2 saturated carbocycles. The number of rotatable bonds is 4. The molecule has 0 radical (unpaired) electrons. The highest BCUT2D eigenvalue weighted by atomic mass is 32.2. The topological polar surface area (TPSA) is 23.1 Å². The van der Waals surface area contributed by atoms with E-state index >= 15 is 0 Å². The van der Waals surface area contributed by atoms with Crippen molar-refractivity contribution < 1.29 is 4.55 Å². The molecule has 2 fully saturated rings. The Balaban J connectivity index is 2.03. The van der Waals surface area contributed by atoms with Crippen molar-refractivity contribution in [2.45, 2.75) is 103 Å². The molecule has 0 aromatic rings. The zero-order chi connectivity index (χ0) is 16.5. The van der Waals surface area contributed by atoms with Crippen molar-refractivity contribution in [1.29, 1.82) is 0 Å². The van der Waals surface area contributed by atoms with Crippen molar-refractivity contribution in [1.82, 2.24) is 0 Å². The van der Waals surface area contributed by atoms with E-state index < -0.39 is 11.2 Å². The van der Waals surface area contributed by atoms with Gasteiger partial charge < -0.3 is 4.55 Å². The maximum atomic E-state index is 13.3. The van der Waals surface area contributed by atoms with Gasteiger partial charge in [0.2, 0.25) is 0 Å². The zero-order valence-electron chi connectivity index (χ0n) is 15.8. The molecule has 0 bridgehead atoms. The second-order valence-corrected chi connectivity index (χ2v) is 11.4. The fourth-order valence-electron chi connectivity index (χ4n) is 4.63. The summed E-state index contributed by atoms with van der Waals surface area (Å²) >= 11 is -0.619. The minimum Gasteiger partial charge on any atom is -0.616 e.